The molecular weight excluding hydrogens is 278 g/mol. The second kappa shape index (κ2) is 6.02. The highest BCUT2D eigenvalue weighted by Gasteiger charge is 2.05. The van der Waals surface area contributed by atoms with Gasteiger partial charge in [0.1, 0.15) is 0 Å². The van der Waals surface area contributed by atoms with Gasteiger partial charge in [0.2, 0.25) is 0 Å². The summed E-state index contributed by atoms with van der Waals surface area (Å²) < 4.78 is 0. The Morgan fingerprint density at radius 1 is 0.762 bits per heavy atom. The van der Waals surface area contributed by atoms with Gasteiger partial charge in [0.25, 0.3) is 0 Å². The molecule has 3 aromatic rings. The first-order valence-electron chi connectivity index (χ1n) is 6.90. The molecule has 0 unspecified atom stereocenters. The summed E-state index contributed by atoms with van der Waals surface area (Å²) in [6, 6.07) is 24.4. The van der Waals surface area contributed by atoms with Crippen LogP contribution >= 0.6 is 11.6 Å². The van der Waals surface area contributed by atoms with Crippen LogP contribution in [0.2, 0.25) is 5.02 Å². The summed E-state index contributed by atoms with van der Waals surface area (Å²) in [4.78, 5) is 0. The molecule has 2 heteroatoms. The van der Waals surface area contributed by atoms with E-state index in [4.69, 9.17) is 17.3 Å². The maximum Gasteiger partial charge on any atom is 0.0406 e. The van der Waals surface area contributed by atoms with E-state index >= 15 is 0 Å². The molecule has 0 amide bonds. The standard InChI is InChI=1S/C19H16ClN/c20-17-9-7-16(8-10-17)18-13-15(6-11-19(18)21)12-14-4-2-1-3-5-14/h1-11,13H,12,21H2. The van der Waals surface area contributed by atoms with Gasteiger partial charge in [0.05, 0.1) is 0 Å². The minimum atomic E-state index is 0.734. The van der Waals surface area contributed by atoms with Gasteiger partial charge in [-0.2, -0.15) is 0 Å². The fraction of sp³-hybridized carbons (Fsp3) is 0.0526. The third-order valence-corrected chi connectivity index (χ3v) is 3.78. The predicted octanol–water partition coefficient (Wildman–Crippen LogP) is 5.18. The summed E-state index contributed by atoms with van der Waals surface area (Å²) in [6.07, 6.45) is 0.904. The maximum absolute atomic E-state index is 6.12. The first-order chi connectivity index (χ1) is 10.2. The van der Waals surface area contributed by atoms with E-state index in [1.165, 1.54) is 11.1 Å². The summed E-state index contributed by atoms with van der Waals surface area (Å²) in [7, 11) is 0. The van der Waals surface area contributed by atoms with Crippen molar-refractivity contribution in [2.24, 2.45) is 0 Å². The Hall–Kier alpha value is -2.25. The Morgan fingerprint density at radius 3 is 2.19 bits per heavy atom. The number of nitrogen functional groups attached to an aromatic ring is 1. The summed E-state index contributed by atoms with van der Waals surface area (Å²) in [5.74, 6) is 0. The molecule has 0 saturated heterocycles. The van der Waals surface area contributed by atoms with Crippen molar-refractivity contribution in [1.29, 1.82) is 0 Å². The van der Waals surface area contributed by atoms with E-state index in [1.807, 2.05) is 36.4 Å². The molecule has 0 spiro atoms. The molecule has 21 heavy (non-hydrogen) atoms. The van der Waals surface area contributed by atoms with Gasteiger partial charge in [-0.15, -0.1) is 0 Å². The molecule has 104 valence electrons. The molecular formula is C19H16ClN. The van der Waals surface area contributed by atoms with Gasteiger partial charge in [0.15, 0.2) is 0 Å². The minimum absolute atomic E-state index is 0.734. The molecule has 0 aliphatic rings. The van der Waals surface area contributed by atoms with Crippen LogP contribution in [0.3, 0.4) is 0 Å². The Balaban J connectivity index is 1.94. The van der Waals surface area contributed by atoms with Crippen molar-refractivity contribution in [3.63, 3.8) is 0 Å². The molecule has 0 fully saturated rings. The van der Waals surface area contributed by atoms with Gasteiger partial charge >= 0.3 is 0 Å². The van der Waals surface area contributed by atoms with E-state index in [-0.39, 0.29) is 0 Å². The summed E-state index contributed by atoms with van der Waals surface area (Å²) in [5, 5.41) is 0.734. The van der Waals surface area contributed by atoms with E-state index in [0.29, 0.717) is 0 Å². The quantitative estimate of drug-likeness (QED) is 0.662. The average molecular weight is 294 g/mol. The molecule has 0 aliphatic carbocycles. The number of hydrogen-bond acceptors (Lipinski definition) is 1. The lowest BCUT2D eigenvalue weighted by Gasteiger charge is -2.09. The van der Waals surface area contributed by atoms with Crippen LogP contribution < -0.4 is 5.73 Å². The summed E-state index contributed by atoms with van der Waals surface area (Å²) in [6.45, 7) is 0. The van der Waals surface area contributed by atoms with Gasteiger partial charge < -0.3 is 5.73 Å². The highest BCUT2D eigenvalue weighted by atomic mass is 35.5. The van der Waals surface area contributed by atoms with Crippen LogP contribution in [0, 0.1) is 0 Å². The smallest absolute Gasteiger partial charge is 0.0406 e. The first-order valence-corrected chi connectivity index (χ1v) is 7.28. The number of rotatable bonds is 3. The topological polar surface area (TPSA) is 26.0 Å². The molecule has 1 nitrogen and oxygen atoms in total. The maximum atomic E-state index is 6.12. The van der Waals surface area contributed by atoms with Gasteiger partial charge in [-0.3, -0.25) is 0 Å². The van der Waals surface area contributed by atoms with Crippen LogP contribution in [0.15, 0.2) is 72.8 Å². The zero-order chi connectivity index (χ0) is 14.7. The van der Waals surface area contributed by atoms with Crippen molar-refractivity contribution in [3.8, 4) is 11.1 Å². The van der Waals surface area contributed by atoms with Crippen LogP contribution in [0.1, 0.15) is 11.1 Å². The predicted molar refractivity (Wildman–Crippen MR) is 90.5 cm³/mol. The number of benzene rings is 3. The average Bonchev–Trinajstić information content (AvgIpc) is 2.51. The Bertz CT molecular complexity index is 733. The van der Waals surface area contributed by atoms with Gasteiger partial charge in [0, 0.05) is 16.3 Å². The normalized spacial score (nSPS) is 10.5. The molecule has 0 atom stereocenters. The van der Waals surface area contributed by atoms with Crippen molar-refractivity contribution >= 4 is 17.3 Å². The Kier molecular flexibility index (Phi) is 3.94. The van der Waals surface area contributed by atoms with Gasteiger partial charge in [-0.1, -0.05) is 60.1 Å². The molecule has 3 rings (SSSR count). The van der Waals surface area contributed by atoms with Crippen molar-refractivity contribution in [1.82, 2.24) is 0 Å². The molecule has 2 N–H and O–H groups in total. The van der Waals surface area contributed by atoms with Crippen LogP contribution in [-0.2, 0) is 6.42 Å². The molecule has 0 radical (unpaired) electrons. The zero-order valence-electron chi connectivity index (χ0n) is 11.6. The van der Waals surface area contributed by atoms with Crippen molar-refractivity contribution in [2.75, 3.05) is 5.73 Å². The van der Waals surface area contributed by atoms with Crippen LogP contribution in [0.4, 0.5) is 5.69 Å². The molecule has 0 heterocycles. The highest BCUT2D eigenvalue weighted by molar-refractivity contribution is 6.30. The van der Waals surface area contributed by atoms with E-state index in [9.17, 15) is 0 Å². The van der Waals surface area contributed by atoms with E-state index in [0.717, 1.165) is 28.3 Å². The van der Waals surface area contributed by atoms with Crippen molar-refractivity contribution in [3.05, 3.63) is 88.9 Å². The van der Waals surface area contributed by atoms with E-state index in [1.54, 1.807) is 0 Å². The number of halogens is 1. The van der Waals surface area contributed by atoms with E-state index < -0.39 is 0 Å². The fourth-order valence-electron chi connectivity index (χ4n) is 2.42. The second-order valence-electron chi connectivity index (χ2n) is 5.09. The molecule has 3 aromatic carbocycles. The third kappa shape index (κ3) is 3.26. The minimum Gasteiger partial charge on any atom is -0.398 e. The van der Waals surface area contributed by atoms with Crippen LogP contribution in [-0.4, -0.2) is 0 Å². The van der Waals surface area contributed by atoms with Gasteiger partial charge in [-0.25, -0.2) is 0 Å². The Morgan fingerprint density at radius 2 is 1.48 bits per heavy atom. The molecule has 0 bridgehead atoms. The monoisotopic (exact) mass is 293 g/mol. The second-order valence-corrected chi connectivity index (χ2v) is 5.53. The third-order valence-electron chi connectivity index (χ3n) is 3.52. The van der Waals surface area contributed by atoms with Crippen molar-refractivity contribution in [2.45, 2.75) is 6.42 Å². The molecule has 0 aliphatic heterocycles. The lowest BCUT2D eigenvalue weighted by molar-refractivity contribution is 1.19. The van der Waals surface area contributed by atoms with E-state index in [2.05, 4.69) is 36.4 Å². The summed E-state index contributed by atoms with van der Waals surface area (Å²) >= 11 is 5.95. The number of hydrogen-bond donors (Lipinski definition) is 1. The fourth-order valence-corrected chi connectivity index (χ4v) is 2.55. The SMILES string of the molecule is Nc1ccc(Cc2ccccc2)cc1-c1ccc(Cl)cc1. The van der Waals surface area contributed by atoms with Gasteiger partial charge in [-0.05, 0) is 47.4 Å². The molecule has 0 aromatic heterocycles. The Labute approximate surface area is 130 Å². The van der Waals surface area contributed by atoms with Crippen LogP contribution in [0.5, 0.6) is 0 Å². The van der Waals surface area contributed by atoms with Crippen molar-refractivity contribution < 1.29 is 0 Å². The highest BCUT2D eigenvalue weighted by Crippen LogP contribution is 2.28. The lowest BCUT2D eigenvalue weighted by Crippen LogP contribution is -1.94. The van der Waals surface area contributed by atoms with Crippen LogP contribution in [0.25, 0.3) is 11.1 Å². The lowest BCUT2D eigenvalue weighted by atomic mass is 9.98. The summed E-state index contributed by atoms with van der Waals surface area (Å²) in [5.41, 5.74) is 11.6. The molecule has 0 saturated carbocycles. The number of nitrogens with two attached hydrogens (primary N) is 1. The zero-order valence-corrected chi connectivity index (χ0v) is 12.3. The largest absolute Gasteiger partial charge is 0.398 e. The first kappa shape index (κ1) is 13.7. The number of anilines is 1.